The summed E-state index contributed by atoms with van der Waals surface area (Å²) in [5.41, 5.74) is 2.14. The van der Waals surface area contributed by atoms with E-state index in [2.05, 4.69) is 15.0 Å². The Hall–Kier alpha value is -2.78. The van der Waals surface area contributed by atoms with Crippen LogP contribution in [0.15, 0.2) is 29.8 Å². The molecule has 0 saturated carbocycles. The molecular formula is C19H18FN5O2S. The Balaban J connectivity index is 1.63. The lowest BCUT2D eigenvalue weighted by molar-refractivity contribution is -0.0587. The van der Waals surface area contributed by atoms with Crippen LogP contribution in [0.4, 0.5) is 4.39 Å². The number of H-pyrrole nitrogens is 1. The Kier molecular flexibility index (Phi) is 3.95. The summed E-state index contributed by atoms with van der Waals surface area (Å²) in [6.45, 7) is 4.94. The number of benzene rings is 1. The third kappa shape index (κ3) is 2.78. The van der Waals surface area contributed by atoms with Gasteiger partial charge in [0.2, 0.25) is 0 Å². The second kappa shape index (κ2) is 6.39. The molecule has 0 spiro atoms. The van der Waals surface area contributed by atoms with Gasteiger partial charge in [-0.3, -0.25) is 9.20 Å². The Labute approximate surface area is 163 Å². The number of aromatic nitrogens is 4. The van der Waals surface area contributed by atoms with Crippen LogP contribution in [0.3, 0.4) is 0 Å². The van der Waals surface area contributed by atoms with E-state index in [0.717, 1.165) is 0 Å². The number of hydrogen-bond acceptors (Lipinski definition) is 5. The highest BCUT2D eigenvalue weighted by Gasteiger charge is 2.31. The number of morpholine rings is 1. The number of fused-ring (bicyclic) bond motifs is 2. The van der Waals surface area contributed by atoms with Crippen LogP contribution in [-0.4, -0.2) is 55.5 Å². The van der Waals surface area contributed by atoms with Crippen LogP contribution in [0.2, 0.25) is 0 Å². The van der Waals surface area contributed by atoms with Crippen LogP contribution >= 0.6 is 11.3 Å². The first-order valence-electron chi connectivity index (χ1n) is 9.05. The largest absolute Gasteiger partial charge is 0.372 e. The van der Waals surface area contributed by atoms with E-state index < -0.39 is 0 Å². The van der Waals surface area contributed by atoms with Crippen molar-refractivity contribution in [3.63, 3.8) is 0 Å². The van der Waals surface area contributed by atoms with Crippen LogP contribution in [-0.2, 0) is 4.74 Å². The maximum absolute atomic E-state index is 13.6. The van der Waals surface area contributed by atoms with Crippen molar-refractivity contribution in [3.8, 4) is 11.5 Å². The maximum Gasteiger partial charge on any atom is 0.275 e. The molecule has 0 radical (unpaired) electrons. The van der Waals surface area contributed by atoms with Gasteiger partial charge < -0.3 is 14.6 Å². The van der Waals surface area contributed by atoms with Gasteiger partial charge >= 0.3 is 0 Å². The van der Waals surface area contributed by atoms with Gasteiger partial charge in [-0.05, 0) is 32.0 Å². The van der Waals surface area contributed by atoms with Gasteiger partial charge in [-0.15, -0.1) is 11.3 Å². The molecule has 0 bridgehead atoms. The van der Waals surface area contributed by atoms with Gasteiger partial charge in [0.25, 0.3) is 5.91 Å². The minimum absolute atomic E-state index is 0.0333. The Morgan fingerprint density at radius 1 is 1.29 bits per heavy atom. The van der Waals surface area contributed by atoms with E-state index in [1.54, 1.807) is 11.0 Å². The van der Waals surface area contributed by atoms with Crippen molar-refractivity contribution in [2.45, 2.75) is 26.1 Å². The standard InChI is InChI=1S/C19H18FN5O2S/c1-10-8-24(9-11(2)27-10)18(26)15-16(25-5-6-28-19(25)23-15)17-21-13-4-3-12(20)7-14(13)22-17/h3-7,10-11H,8-9H2,1-2H3,(H,21,22)/t10-,11+. The average molecular weight is 399 g/mol. The summed E-state index contributed by atoms with van der Waals surface area (Å²) < 4.78 is 21.2. The maximum atomic E-state index is 13.6. The highest BCUT2D eigenvalue weighted by molar-refractivity contribution is 7.15. The lowest BCUT2D eigenvalue weighted by atomic mass is 10.2. The number of carbonyl (C=O) groups excluding carboxylic acids is 1. The quantitative estimate of drug-likeness (QED) is 0.561. The summed E-state index contributed by atoms with van der Waals surface area (Å²) in [5.74, 6) is -0.00648. The number of hydrogen-bond donors (Lipinski definition) is 1. The van der Waals surface area contributed by atoms with E-state index in [0.29, 0.717) is 46.3 Å². The number of carbonyl (C=O) groups is 1. The van der Waals surface area contributed by atoms with Crippen molar-refractivity contribution < 1.29 is 13.9 Å². The third-order valence-electron chi connectivity index (χ3n) is 4.84. The number of nitrogens with one attached hydrogen (secondary N) is 1. The molecule has 144 valence electrons. The van der Waals surface area contributed by atoms with Gasteiger partial charge in [-0.25, -0.2) is 14.4 Å². The minimum Gasteiger partial charge on any atom is -0.372 e. The Morgan fingerprint density at radius 2 is 2.07 bits per heavy atom. The molecule has 4 heterocycles. The van der Waals surface area contributed by atoms with Crippen molar-refractivity contribution in [3.05, 3.63) is 41.3 Å². The number of halogens is 1. The molecule has 1 aliphatic rings. The minimum atomic E-state index is -0.343. The highest BCUT2D eigenvalue weighted by atomic mass is 32.1. The smallest absolute Gasteiger partial charge is 0.275 e. The molecule has 4 aromatic rings. The van der Waals surface area contributed by atoms with E-state index >= 15 is 0 Å². The van der Waals surface area contributed by atoms with Crippen molar-refractivity contribution in [2.24, 2.45) is 0 Å². The zero-order chi connectivity index (χ0) is 19.4. The predicted molar refractivity (Wildman–Crippen MR) is 104 cm³/mol. The normalized spacial score (nSPS) is 20.3. The van der Waals surface area contributed by atoms with Crippen LogP contribution in [0, 0.1) is 5.82 Å². The van der Waals surface area contributed by atoms with Gasteiger partial charge in [0.1, 0.15) is 11.5 Å². The number of aromatic amines is 1. The number of amides is 1. The van der Waals surface area contributed by atoms with Crippen LogP contribution < -0.4 is 0 Å². The summed E-state index contributed by atoms with van der Waals surface area (Å²) in [6, 6.07) is 4.37. The van der Waals surface area contributed by atoms with Crippen molar-refractivity contribution in [2.75, 3.05) is 13.1 Å². The van der Waals surface area contributed by atoms with Gasteiger partial charge in [0.15, 0.2) is 16.5 Å². The van der Waals surface area contributed by atoms with Gasteiger partial charge in [-0.1, -0.05) is 0 Å². The first-order valence-corrected chi connectivity index (χ1v) is 9.93. The molecule has 1 saturated heterocycles. The zero-order valence-electron chi connectivity index (χ0n) is 15.3. The lowest BCUT2D eigenvalue weighted by Crippen LogP contribution is -2.48. The molecular weight excluding hydrogens is 381 g/mol. The summed E-state index contributed by atoms with van der Waals surface area (Å²) in [4.78, 5) is 28.1. The van der Waals surface area contributed by atoms with E-state index in [-0.39, 0.29) is 23.9 Å². The van der Waals surface area contributed by atoms with Gasteiger partial charge in [0, 0.05) is 24.7 Å². The molecule has 0 aliphatic carbocycles. The molecule has 1 aliphatic heterocycles. The highest BCUT2D eigenvalue weighted by Crippen LogP contribution is 2.29. The van der Waals surface area contributed by atoms with Gasteiger partial charge in [0.05, 0.1) is 23.2 Å². The molecule has 1 fully saturated rings. The summed E-state index contributed by atoms with van der Waals surface area (Å²) in [5, 5.41) is 1.90. The number of ether oxygens (including phenoxy) is 1. The molecule has 2 atom stereocenters. The van der Waals surface area contributed by atoms with E-state index in [4.69, 9.17) is 4.74 Å². The molecule has 5 rings (SSSR count). The van der Waals surface area contributed by atoms with Crippen molar-refractivity contribution in [1.29, 1.82) is 0 Å². The summed E-state index contributed by atoms with van der Waals surface area (Å²) in [6.07, 6.45) is 1.79. The Bertz CT molecular complexity index is 1190. The number of thiazole rings is 1. The van der Waals surface area contributed by atoms with E-state index in [9.17, 15) is 9.18 Å². The van der Waals surface area contributed by atoms with E-state index in [1.165, 1.54) is 23.5 Å². The fraction of sp³-hybridized carbons (Fsp3) is 0.316. The average Bonchev–Trinajstić information content (AvgIpc) is 3.32. The predicted octanol–water partition coefficient (Wildman–Crippen LogP) is 3.33. The van der Waals surface area contributed by atoms with Crippen LogP contribution in [0.1, 0.15) is 24.3 Å². The summed E-state index contributed by atoms with van der Waals surface area (Å²) >= 11 is 1.45. The molecule has 1 N–H and O–H groups in total. The molecule has 28 heavy (non-hydrogen) atoms. The topological polar surface area (TPSA) is 75.5 Å². The number of imidazole rings is 2. The first-order chi connectivity index (χ1) is 13.5. The fourth-order valence-electron chi connectivity index (χ4n) is 3.75. The third-order valence-corrected chi connectivity index (χ3v) is 5.60. The van der Waals surface area contributed by atoms with Crippen molar-refractivity contribution in [1.82, 2.24) is 24.3 Å². The zero-order valence-corrected chi connectivity index (χ0v) is 16.2. The van der Waals surface area contributed by atoms with Crippen LogP contribution in [0.25, 0.3) is 27.5 Å². The molecule has 1 amide bonds. The Morgan fingerprint density at radius 3 is 2.86 bits per heavy atom. The molecule has 0 unspecified atom stereocenters. The molecule has 3 aromatic heterocycles. The number of nitrogens with zero attached hydrogens (tertiary/aromatic N) is 4. The van der Waals surface area contributed by atoms with Crippen LogP contribution in [0.5, 0.6) is 0 Å². The van der Waals surface area contributed by atoms with Gasteiger partial charge in [-0.2, -0.15) is 0 Å². The molecule has 7 nitrogen and oxygen atoms in total. The SMILES string of the molecule is C[C@@H]1CN(C(=O)c2nc3sccn3c2-c2nc3ccc(F)cc3[nH]2)C[C@H](C)O1. The monoisotopic (exact) mass is 399 g/mol. The first kappa shape index (κ1) is 17.3. The second-order valence-electron chi connectivity index (χ2n) is 7.08. The lowest BCUT2D eigenvalue weighted by Gasteiger charge is -2.35. The van der Waals surface area contributed by atoms with Crippen molar-refractivity contribution >= 4 is 33.2 Å². The second-order valence-corrected chi connectivity index (χ2v) is 7.95. The van der Waals surface area contributed by atoms with E-state index in [1.807, 2.05) is 29.8 Å². The fourth-order valence-corrected chi connectivity index (χ4v) is 4.46. The number of rotatable bonds is 2. The molecule has 1 aromatic carbocycles. The molecule has 9 heteroatoms. The summed E-state index contributed by atoms with van der Waals surface area (Å²) in [7, 11) is 0.